The molecule has 0 bridgehead atoms. The minimum absolute atomic E-state index is 0.00710. The Morgan fingerprint density at radius 2 is 1.64 bits per heavy atom. The lowest BCUT2D eigenvalue weighted by molar-refractivity contribution is -0.227. The molecule has 0 aromatic heterocycles. The van der Waals surface area contributed by atoms with Crippen LogP contribution in [0, 0.1) is 0 Å². The van der Waals surface area contributed by atoms with Crippen molar-refractivity contribution >= 4 is 28.0 Å². The molecule has 1 aliphatic heterocycles. The Morgan fingerprint density at radius 1 is 1.03 bits per heavy atom. The molecule has 11 nitrogen and oxygen atoms in total. The lowest BCUT2D eigenvalue weighted by Crippen LogP contribution is -2.57. The third-order valence-corrected chi connectivity index (χ3v) is 5.39. The van der Waals surface area contributed by atoms with Gasteiger partial charge in [-0.15, -0.1) is 0 Å². The summed E-state index contributed by atoms with van der Waals surface area (Å²) in [5, 5.41) is 0. The van der Waals surface area contributed by atoms with E-state index >= 15 is 0 Å². The SMILES string of the molecule is CC(=O)OC[C@@]1([C@@H](C)OS(C)(=O)=O)OC(OC(C)=O)[C@H](OC(C)=O)[C@@H]1OCc1ccccc1. The van der Waals surface area contributed by atoms with Crippen LogP contribution in [0.4, 0.5) is 0 Å². The van der Waals surface area contributed by atoms with Crippen LogP contribution in [0.3, 0.4) is 0 Å². The Hall–Kier alpha value is -2.54. The Balaban J connectivity index is 2.54. The summed E-state index contributed by atoms with van der Waals surface area (Å²) in [5.41, 5.74) is -1.07. The van der Waals surface area contributed by atoms with E-state index in [1.165, 1.54) is 6.92 Å². The summed E-state index contributed by atoms with van der Waals surface area (Å²) < 4.78 is 56.6. The fourth-order valence-corrected chi connectivity index (χ4v) is 4.14. The van der Waals surface area contributed by atoms with E-state index in [9.17, 15) is 22.8 Å². The second kappa shape index (κ2) is 11.1. The first-order valence-electron chi connectivity index (χ1n) is 10.0. The summed E-state index contributed by atoms with van der Waals surface area (Å²) >= 11 is 0. The van der Waals surface area contributed by atoms with Gasteiger partial charge >= 0.3 is 17.9 Å². The number of rotatable bonds is 10. The van der Waals surface area contributed by atoms with Gasteiger partial charge in [0.15, 0.2) is 11.7 Å². The summed E-state index contributed by atoms with van der Waals surface area (Å²) in [6.45, 7) is 4.24. The van der Waals surface area contributed by atoms with Gasteiger partial charge in [0.05, 0.1) is 12.9 Å². The second-order valence-corrected chi connectivity index (χ2v) is 9.17. The van der Waals surface area contributed by atoms with Gasteiger partial charge in [0, 0.05) is 20.8 Å². The quantitative estimate of drug-likeness (QED) is 0.265. The van der Waals surface area contributed by atoms with Crippen molar-refractivity contribution in [3.63, 3.8) is 0 Å². The van der Waals surface area contributed by atoms with Gasteiger partial charge in [0.25, 0.3) is 10.1 Å². The first kappa shape index (κ1) is 26.7. The molecule has 1 saturated heterocycles. The number of benzene rings is 1. The molecule has 12 heteroatoms. The van der Waals surface area contributed by atoms with Crippen molar-refractivity contribution in [2.45, 2.75) is 64.5 Å². The molecule has 2 rings (SSSR count). The molecule has 0 aliphatic carbocycles. The molecular formula is C21H28O11S. The van der Waals surface area contributed by atoms with E-state index in [-0.39, 0.29) is 6.61 Å². The molecule has 0 spiro atoms. The zero-order valence-corrected chi connectivity index (χ0v) is 19.8. The van der Waals surface area contributed by atoms with Crippen molar-refractivity contribution in [1.82, 2.24) is 0 Å². The van der Waals surface area contributed by atoms with Crippen LogP contribution in [0.15, 0.2) is 30.3 Å². The van der Waals surface area contributed by atoms with E-state index in [4.69, 9.17) is 27.9 Å². The molecule has 1 aromatic rings. The summed E-state index contributed by atoms with van der Waals surface area (Å²) in [7, 11) is -4.00. The number of esters is 3. The monoisotopic (exact) mass is 488 g/mol. The maximum absolute atomic E-state index is 11.9. The molecule has 5 atom stereocenters. The predicted molar refractivity (Wildman–Crippen MR) is 112 cm³/mol. The largest absolute Gasteiger partial charge is 0.463 e. The number of hydrogen-bond donors (Lipinski definition) is 0. The summed E-state index contributed by atoms with van der Waals surface area (Å²) in [6, 6.07) is 8.95. The molecule has 0 radical (unpaired) electrons. The highest BCUT2D eigenvalue weighted by atomic mass is 32.2. The third kappa shape index (κ3) is 7.49. The van der Waals surface area contributed by atoms with Crippen LogP contribution in [-0.4, -0.2) is 69.4 Å². The number of hydrogen-bond acceptors (Lipinski definition) is 11. The first-order chi connectivity index (χ1) is 15.3. The minimum Gasteiger partial charge on any atom is -0.463 e. The Morgan fingerprint density at radius 3 is 2.15 bits per heavy atom. The molecule has 1 unspecified atom stereocenters. The van der Waals surface area contributed by atoms with Crippen molar-refractivity contribution in [3.8, 4) is 0 Å². The lowest BCUT2D eigenvalue weighted by atomic mass is 9.90. The molecule has 1 fully saturated rings. The standard InChI is InChI=1S/C21H28O11S/c1-13(32-33(5,25)26)21(12-28-14(2)22)19(27-11-17-9-7-6-8-10-17)18(29-15(3)23)20(31-21)30-16(4)24/h6-10,13,18-20H,11-12H2,1-5H3/t13-,18-,19+,20?,21+/m1/s1. The lowest BCUT2D eigenvalue weighted by Gasteiger charge is -2.37. The van der Waals surface area contributed by atoms with Crippen LogP contribution < -0.4 is 0 Å². The van der Waals surface area contributed by atoms with E-state index in [0.29, 0.717) is 0 Å². The molecule has 0 N–H and O–H groups in total. The highest BCUT2D eigenvalue weighted by molar-refractivity contribution is 7.86. The molecule has 33 heavy (non-hydrogen) atoms. The Bertz CT molecular complexity index is 946. The van der Waals surface area contributed by atoms with Crippen LogP contribution in [0.1, 0.15) is 33.3 Å². The van der Waals surface area contributed by atoms with Crippen molar-refractivity contribution in [2.75, 3.05) is 12.9 Å². The highest BCUT2D eigenvalue weighted by Crippen LogP contribution is 2.41. The van der Waals surface area contributed by atoms with Crippen LogP contribution in [0.5, 0.6) is 0 Å². The van der Waals surface area contributed by atoms with E-state index in [2.05, 4.69) is 0 Å². The van der Waals surface area contributed by atoms with Gasteiger partial charge < -0.3 is 23.7 Å². The summed E-state index contributed by atoms with van der Waals surface area (Å²) in [6.07, 6.45) is -4.50. The zero-order valence-electron chi connectivity index (χ0n) is 19.0. The maximum Gasteiger partial charge on any atom is 0.305 e. The van der Waals surface area contributed by atoms with Crippen LogP contribution in [-0.2, 0) is 59.0 Å². The highest BCUT2D eigenvalue weighted by Gasteiger charge is 2.63. The van der Waals surface area contributed by atoms with Crippen molar-refractivity contribution < 1.29 is 50.7 Å². The van der Waals surface area contributed by atoms with Crippen molar-refractivity contribution in [1.29, 1.82) is 0 Å². The van der Waals surface area contributed by atoms with Gasteiger partial charge in [-0.3, -0.25) is 18.6 Å². The number of ether oxygens (including phenoxy) is 5. The predicted octanol–water partition coefficient (Wildman–Crippen LogP) is 1.09. The van der Waals surface area contributed by atoms with Gasteiger partial charge in [0.1, 0.15) is 18.8 Å². The second-order valence-electron chi connectivity index (χ2n) is 7.56. The van der Waals surface area contributed by atoms with Gasteiger partial charge in [-0.05, 0) is 12.5 Å². The topological polar surface area (TPSA) is 141 Å². The van der Waals surface area contributed by atoms with Gasteiger partial charge in [-0.25, -0.2) is 0 Å². The molecular weight excluding hydrogens is 460 g/mol. The van der Waals surface area contributed by atoms with Crippen LogP contribution in [0.2, 0.25) is 0 Å². The first-order valence-corrected chi connectivity index (χ1v) is 11.8. The van der Waals surface area contributed by atoms with Gasteiger partial charge in [-0.2, -0.15) is 8.42 Å². The molecule has 1 aromatic carbocycles. The fourth-order valence-electron chi connectivity index (χ4n) is 3.45. The number of carbonyl (C=O) groups excluding carboxylic acids is 3. The summed E-state index contributed by atoms with van der Waals surface area (Å²) in [5.74, 6) is -2.17. The van der Waals surface area contributed by atoms with Crippen molar-refractivity contribution in [2.24, 2.45) is 0 Å². The van der Waals surface area contributed by atoms with E-state index in [1.807, 2.05) is 6.07 Å². The Labute approximate surface area is 192 Å². The maximum atomic E-state index is 11.9. The molecule has 0 amide bonds. The normalized spacial score (nSPS) is 25.8. The summed E-state index contributed by atoms with van der Waals surface area (Å²) in [4.78, 5) is 35.1. The van der Waals surface area contributed by atoms with Crippen LogP contribution in [0.25, 0.3) is 0 Å². The van der Waals surface area contributed by atoms with E-state index in [0.717, 1.165) is 32.6 Å². The Kier molecular flexibility index (Phi) is 8.95. The third-order valence-electron chi connectivity index (χ3n) is 4.75. The molecule has 184 valence electrons. The smallest absolute Gasteiger partial charge is 0.305 e. The number of carbonyl (C=O) groups is 3. The van der Waals surface area contributed by atoms with E-state index < -0.39 is 64.8 Å². The minimum atomic E-state index is -4.00. The van der Waals surface area contributed by atoms with Crippen LogP contribution >= 0.6 is 0 Å². The average molecular weight is 489 g/mol. The fraction of sp³-hybridized carbons (Fsp3) is 0.571. The average Bonchev–Trinajstić information content (AvgIpc) is 2.96. The van der Waals surface area contributed by atoms with Crippen molar-refractivity contribution in [3.05, 3.63) is 35.9 Å². The molecule has 1 heterocycles. The zero-order chi connectivity index (χ0) is 24.8. The van der Waals surface area contributed by atoms with Gasteiger partial charge in [-0.1, -0.05) is 30.3 Å². The molecule has 0 saturated carbocycles. The van der Waals surface area contributed by atoms with Gasteiger partial charge in [0.2, 0.25) is 6.29 Å². The molecule has 1 aliphatic rings. The van der Waals surface area contributed by atoms with E-state index in [1.54, 1.807) is 24.3 Å².